The Bertz CT molecular complexity index is 621. The number of likely N-dealkylation sites (N-methyl/N-ethyl adjacent to an activating group) is 1. The van der Waals surface area contributed by atoms with E-state index in [0.717, 1.165) is 23.4 Å². The fourth-order valence-corrected chi connectivity index (χ4v) is 3.12. The standard InChI is InChI=1S/C17H21N3O/c1-3-19-16(15-11(2)8-9-20-17(15)18)13-10-21-14-7-5-4-6-12(13)14/h4-9,13,16,19H,3,10H2,1-2H3,(H2,18,20). The van der Waals surface area contributed by atoms with Gasteiger partial charge in [-0.3, -0.25) is 0 Å². The first kappa shape index (κ1) is 13.9. The van der Waals surface area contributed by atoms with Crippen LogP contribution in [0.5, 0.6) is 5.75 Å². The number of nitrogen functional groups attached to an aromatic ring is 1. The highest BCUT2D eigenvalue weighted by Crippen LogP contribution is 2.42. The summed E-state index contributed by atoms with van der Waals surface area (Å²) < 4.78 is 5.84. The Kier molecular flexibility index (Phi) is 3.80. The molecule has 3 N–H and O–H groups in total. The van der Waals surface area contributed by atoms with Gasteiger partial charge in [-0.1, -0.05) is 25.1 Å². The first-order valence-corrected chi connectivity index (χ1v) is 7.38. The van der Waals surface area contributed by atoms with Crippen LogP contribution in [0.25, 0.3) is 0 Å². The van der Waals surface area contributed by atoms with Crippen LogP contribution in [-0.4, -0.2) is 18.1 Å². The van der Waals surface area contributed by atoms with Crippen LogP contribution in [0.15, 0.2) is 36.5 Å². The van der Waals surface area contributed by atoms with Gasteiger partial charge in [0, 0.05) is 29.3 Å². The summed E-state index contributed by atoms with van der Waals surface area (Å²) in [6, 6.07) is 10.4. The van der Waals surface area contributed by atoms with Gasteiger partial charge in [0.25, 0.3) is 0 Å². The van der Waals surface area contributed by atoms with Crippen molar-refractivity contribution in [3.8, 4) is 5.75 Å². The quantitative estimate of drug-likeness (QED) is 0.906. The molecule has 0 fully saturated rings. The second kappa shape index (κ2) is 5.74. The minimum atomic E-state index is 0.118. The highest BCUT2D eigenvalue weighted by atomic mass is 16.5. The van der Waals surface area contributed by atoms with Gasteiger partial charge >= 0.3 is 0 Å². The van der Waals surface area contributed by atoms with Gasteiger partial charge in [-0.05, 0) is 31.2 Å². The zero-order valence-electron chi connectivity index (χ0n) is 12.5. The van der Waals surface area contributed by atoms with E-state index in [1.54, 1.807) is 6.20 Å². The molecule has 2 heterocycles. The maximum Gasteiger partial charge on any atom is 0.128 e. The van der Waals surface area contributed by atoms with Crippen molar-refractivity contribution in [3.05, 3.63) is 53.2 Å². The third-order valence-corrected chi connectivity index (χ3v) is 4.11. The van der Waals surface area contributed by atoms with Crippen molar-refractivity contribution in [2.24, 2.45) is 0 Å². The molecule has 1 aromatic heterocycles. The summed E-state index contributed by atoms with van der Waals surface area (Å²) in [7, 11) is 0. The maximum atomic E-state index is 6.15. The van der Waals surface area contributed by atoms with Crippen LogP contribution >= 0.6 is 0 Å². The lowest BCUT2D eigenvalue weighted by molar-refractivity contribution is 0.300. The van der Waals surface area contributed by atoms with Crippen molar-refractivity contribution in [3.63, 3.8) is 0 Å². The molecule has 4 heteroatoms. The van der Waals surface area contributed by atoms with E-state index in [1.165, 1.54) is 5.56 Å². The summed E-state index contributed by atoms with van der Waals surface area (Å²) in [5.41, 5.74) is 9.64. The Hall–Kier alpha value is -2.07. The molecule has 0 saturated carbocycles. The number of aromatic nitrogens is 1. The lowest BCUT2D eigenvalue weighted by Crippen LogP contribution is -2.29. The van der Waals surface area contributed by atoms with Crippen LogP contribution in [0.1, 0.15) is 35.6 Å². The number of nitrogens with one attached hydrogen (secondary N) is 1. The largest absolute Gasteiger partial charge is 0.493 e. The Morgan fingerprint density at radius 3 is 2.95 bits per heavy atom. The van der Waals surface area contributed by atoms with Crippen molar-refractivity contribution >= 4 is 5.82 Å². The van der Waals surface area contributed by atoms with Crippen LogP contribution < -0.4 is 15.8 Å². The van der Waals surface area contributed by atoms with E-state index in [2.05, 4.69) is 36.3 Å². The highest BCUT2D eigenvalue weighted by molar-refractivity contribution is 5.50. The Morgan fingerprint density at radius 1 is 1.38 bits per heavy atom. The summed E-state index contributed by atoms with van der Waals surface area (Å²) in [5, 5.41) is 3.56. The average molecular weight is 283 g/mol. The van der Waals surface area contributed by atoms with Gasteiger partial charge in [0.1, 0.15) is 11.6 Å². The molecule has 2 aromatic rings. The second-order valence-corrected chi connectivity index (χ2v) is 5.42. The van der Waals surface area contributed by atoms with Crippen LogP contribution in [-0.2, 0) is 0 Å². The number of hydrogen-bond donors (Lipinski definition) is 2. The maximum absolute atomic E-state index is 6.15. The molecule has 0 saturated heterocycles. The number of nitrogens with two attached hydrogens (primary N) is 1. The van der Waals surface area contributed by atoms with Crippen molar-refractivity contribution in [2.75, 3.05) is 18.9 Å². The van der Waals surface area contributed by atoms with Crippen LogP contribution in [0.4, 0.5) is 5.82 Å². The Labute approximate surface area is 125 Å². The molecule has 3 rings (SSSR count). The third-order valence-electron chi connectivity index (χ3n) is 4.11. The smallest absolute Gasteiger partial charge is 0.128 e. The molecule has 21 heavy (non-hydrogen) atoms. The number of hydrogen-bond acceptors (Lipinski definition) is 4. The molecule has 0 radical (unpaired) electrons. The zero-order valence-corrected chi connectivity index (χ0v) is 12.5. The first-order chi connectivity index (χ1) is 10.2. The van der Waals surface area contributed by atoms with E-state index in [4.69, 9.17) is 10.5 Å². The van der Waals surface area contributed by atoms with Gasteiger partial charge in [-0.2, -0.15) is 0 Å². The normalized spacial score (nSPS) is 18.1. The highest BCUT2D eigenvalue weighted by Gasteiger charge is 2.33. The number of anilines is 1. The Balaban J connectivity index is 2.04. The number of pyridine rings is 1. The molecule has 0 bridgehead atoms. The van der Waals surface area contributed by atoms with Crippen molar-refractivity contribution in [1.82, 2.24) is 10.3 Å². The summed E-state index contributed by atoms with van der Waals surface area (Å²) in [6.45, 7) is 5.73. The fourth-order valence-electron chi connectivity index (χ4n) is 3.12. The van der Waals surface area contributed by atoms with Gasteiger partial charge < -0.3 is 15.8 Å². The predicted octanol–water partition coefficient (Wildman–Crippen LogP) is 2.80. The minimum Gasteiger partial charge on any atom is -0.493 e. The lowest BCUT2D eigenvalue weighted by Gasteiger charge is -2.26. The Morgan fingerprint density at radius 2 is 2.19 bits per heavy atom. The molecule has 0 aliphatic carbocycles. The number of nitrogens with zero attached hydrogens (tertiary/aromatic N) is 1. The monoisotopic (exact) mass is 283 g/mol. The van der Waals surface area contributed by atoms with Crippen molar-refractivity contribution < 1.29 is 4.74 Å². The SMILES string of the molecule is CCNC(c1c(C)ccnc1N)C1COc2ccccc21. The number of para-hydroxylation sites is 1. The molecule has 110 valence electrons. The van der Waals surface area contributed by atoms with Crippen LogP contribution in [0, 0.1) is 6.92 Å². The molecule has 1 aromatic carbocycles. The molecule has 2 atom stereocenters. The summed E-state index contributed by atoms with van der Waals surface area (Å²) in [4.78, 5) is 4.27. The molecule has 0 spiro atoms. The topological polar surface area (TPSA) is 60.2 Å². The summed E-state index contributed by atoms with van der Waals surface area (Å²) >= 11 is 0. The summed E-state index contributed by atoms with van der Waals surface area (Å²) in [5.74, 6) is 1.84. The molecular formula is C17H21N3O. The van der Waals surface area contributed by atoms with Crippen LogP contribution in [0.2, 0.25) is 0 Å². The number of benzene rings is 1. The fraction of sp³-hybridized carbons (Fsp3) is 0.353. The second-order valence-electron chi connectivity index (χ2n) is 5.42. The van der Waals surface area contributed by atoms with E-state index in [-0.39, 0.29) is 12.0 Å². The van der Waals surface area contributed by atoms with Gasteiger partial charge in [0.15, 0.2) is 0 Å². The molecule has 4 nitrogen and oxygen atoms in total. The predicted molar refractivity (Wildman–Crippen MR) is 84.5 cm³/mol. The number of fused-ring (bicyclic) bond motifs is 1. The molecule has 1 aliphatic rings. The number of rotatable bonds is 4. The minimum absolute atomic E-state index is 0.118. The molecular weight excluding hydrogens is 262 g/mol. The van der Waals surface area contributed by atoms with E-state index in [9.17, 15) is 0 Å². The molecule has 2 unspecified atom stereocenters. The van der Waals surface area contributed by atoms with Crippen molar-refractivity contribution in [2.45, 2.75) is 25.8 Å². The van der Waals surface area contributed by atoms with E-state index < -0.39 is 0 Å². The van der Waals surface area contributed by atoms with E-state index >= 15 is 0 Å². The van der Waals surface area contributed by atoms with Crippen LogP contribution in [0.3, 0.4) is 0 Å². The van der Waals surface area contributed by atoms with E-state index in [0.29, 0.717) is 12.4 Å². The van der Waals surface area contributed by atoms with Gasteiger partial charge in [0.05, 0.1) is 6.61 Å². The average Bonchev–Trinajstić information content (AvgIpc) is 2.90. The third kappa shape index (κ3) is 2.47. The number of ether oxygens (including phenoxy) is 1. The summed E-state index contributed by atoms with van der Waals surface area (Å²) in [6.07, 6.45) is 1.76. The zero-order chi connectivity index (χ0) is 14.8. The molecule has 0 amide bonds. The van der Waals surface area contributed by atoms with Gasteiger partial charge in [-0.15, -0.1) is 0 Å². The lowest BCUT2D eigenvalue weighted by atomic mass is 9.87. The first-order valence-electron chi connectivity index (χ1n) is 7.38. The van der Waals surface area contributed by atoms with Gasteiger partial charge in [0.2, 0.25) is 0 Å². The van der Waals surface area contributed by atoms with Crippen molar-refractivity contribution in [1.29, 1.82) is 0 Å². The van der Waals surface area contributed by atoms with Gasteiger partial charge in [-0.25, -0.2) is 4.98 Å². The molecule has 1 aliphatic heterocycles. The van der Waals surface area contributed by atoms with E-state index in [1.807, 2.05) is 18.2 Å². The number of aryl methyl sites for hydroxylation is 1.